The molecule has 1 rings (SSSR count). The van der Waals surface area contributed by atoms with Crippen molar-refractivity contribution in [2.45, 2.75) is 33.6 Å². The van der Waals surface area contributed by atoms with E-state index in [1.807, 2.05) is 24.3 Å². The molecule has 0 fully saturated rings. The lowest BCUT2D eigenvalue weighted by molar-refractivity contribution is -0.129. The van der Waals surface area contributed by atoms with Gasteiger partial charge in [-0.25, -0.2) is 0 Å². The van der Waals surface area contributed by atoms with Gasteiger partial charge < -0.3 is 10.2 Å². The second-order valence-electron chi connectivity index (χ2n) is 5.47. The predicted octanol–water partition coefficient (Wildman–Crippen LogP) is 3.67. The number of benzene rings is 1. The Kier molecular flexibility index (Phi) is 7.43. The molecule has 2 amide bonds. The average Bonchev–Trinajstić information content (AvgIpc) is 2.40. The van der Waals surface area contributed by atoms with E-state index in [1.165, 1.54) is 0 Å². The highest BCUT2D eigenvalue weighted by atomic mass is 79.9. The van der Waals surface area contributed by atoms with Gasteiger partial charge in [-0.05, 0) is 40.4 Å². The minimum atomic E-state index is -0.0855. The van der Waals surface area contributed by atoms with Gasteiger partial charge in [-0.1, -0.05) is 26.0 Å². The van der Waals surface area contributed by atoms with E-state index in [0.717, 1.165) is 16.6 Å². The summed E-state index contributed by atoms with van der Waals surface area (Å²) in [6.45, 7) is 6.95. The summed E-state index contributed by atoms with van der Waals surface area (Å²) in [5, 5.41) is 2.85. The first-order chi connectivity index (χ1) is 9.90. The topological polar surface area (TPSA) is 49.4 Å². The summed E-state index contributed by atoms with van der Waals surface area (Å²) in [6, 6.07) is 7.47. The number of rotatable bonds is 7. The van der Waals surface area contributed by atoms with Gasteiger partial charge in [0, 0.05) is 30.9 Å². The second kappa shape index (κ2) is 8.82. The average molecular weight is 355 g/mol. The molecule has 1 N–H and O–H groups in total. The molecule has 1 aromatic carbocycles. The minimum Gasteiger partial charge on any atom is -0.342 e. The van der Waals surface area contributed by atoms with Crippen molar-refractivity contribution in [3.05, 3.63) is 28.7 Å². The molecule has 0 heterocycles. The summed E-state index contributed by atoms with van der Waals surface area (Å²) in [7, 11) is 0. The highest BCUT2D eigenvalue weighted by Gasteiger charge is 2.12. The third-order valence-electron chi connectivity index (χ3n) is 3.18. The van der Waals surface area contributed by atoms with Crippen LogP contribution in [0.25, 0.3) is 0 Å². The fourth-order valence-electron chi connectivity index (χ4n) is 1.85. The zero-order valence-electron chi connectivity index (χ0n) is 12.9. The molecule has 0 spiro atoms. The number of halogens is 1. The summed E-state index contributed by atoms with van der Waals surface area (Å²) in [4.78, 5) is 25.3. The second-order valence-corrected chi connectivity index (χ2v) is 6.32. The molecule has 1 aromatic rings. The maximum absolute atomic E-state index is 12.0. The number of carbonyl (C=O) groups excluding carboxylic acids is 2. The van der Waals surface area contributed by atoms with Gasteiger partial charge in [-0.2, -0.15) is 0 Å². The molecule has 0 aliphatic heterocycles. The van der Waals surface area contributed by atoms with Crippen molar-refractivity contribution in [2.75, 3.05) is 18.4 Å². The summed E-state index contributed by atoms with van der Waals surface area (Å²) in [5.74, 6) is 0.475. The van der Waals surface area contributed by atoms with E-state index in [9.17, 15) is 9.59 Å². The lowest BCUT2D eigenvalue weighted by atomic mass is 10.1. The van der Waals surface area contributed by atoms with Crippen molar-refractivity contribution >= 4 is 33.4 Å². The first-order valence-corrected chi connectivity index (χ1v) is 7.99. The van der Waals surface area contributed by atoms with Crippen LogP contribution in [0.5, 0.6) is 0 Å². The van der Waals surface area contributed by atoms with E-state index in [1.54, 1.807) is 11.8 Å². The molecule has 4 nitrogen and oxygen atoms in total. The molecular weight excluding hydrogens is 332 g/mol. The normalized spacial score (nSPS) is 10.5. The van der Waals surface area contributed by atoms with Gasteiger partial charge in [-0.15, -0.1) is 0 Å². The molecule has 116 valence electrons. The Morgan fingerprint density at radius 3 is 2.48 bits per heavy atom. The number of amides is 2. The van der Waals surface area contributed by atoms with Gasteiger partial charge >= 0.3 is 0 Å². The lowest BCUT2D eigenvalue weighted by Crippen LogP contribution is -2.33. The molecule has 0 saturated carbocycles. The summed E-state index contributed by atoms with van der Waals surface area (Å²) in [6.07, 6.45) is 1.25. The van der Waals surface area contributed by atoms with Crippen LogP contribution in [0, 0.1) is 5.92 Å². The zero-order chi connectivity index (χ0) is 15.8. The molecule has 21 heavy (non-hydrogen) atoms. The minimum absolute atomic E-state index is 0.0179. The largest absolute Gasteiger partial charge is 0.342 e. The number of carbonyl (C=O) groups is 2. The van der Waals surface area contributed by atoms with Gasteiger partial charge in [-0.3, -0.25) is 9.59 Å². The van der Waals surface area contributed by atoms with Crippen LogP contribution in [-0.4, -0.2) is 29.8 Å². The Bertz CT molecular complexity index is 489. The first-order valence-electron chi connectivity index (χ1n) is 7.20. The Hall–Kier alpha value is -1.36. The smallest absolute Gasteiger partial charge is 0.226 e. The molecule has 0 bridgehead atoms. The van der Waals surface area contributed by atoms with Crippen LogP contribution in [0.3, 0.4) is 0 Å². The fourth-order valence-corrected chi connectivity index (χ4v) is 2.24. The molecule has 0 radical (unpaired) electrons. The monoisotopic (exact) mass is 354 g/mol. The Labute approximate surface area is 135 Å². The third-order valence-corrected chi connectivity index (χ3v) is 3.87. The van der Waals surface area contributed by atoms with Crippen LogP contribution < -0.4 is 5.32 Å². The van der Waals surface area contributed by atoms with E-state index in [4.69, 9.17) is 0 Å². The van der Waals surface area contributed by atoms with Gasteiger partial charge in [0.15, 0.2) is 0 Å². The van der Waals surface area contributed by atoms with Crippen molar-refractivity contribution in [1.29, 1.82) is 0 Å². The van der Waals surface area contributed by atoms with Crippen LogP contribution in [0.15, 0.2) is 28.7 Å². The van der Waals surface area contributed by atoms with Gasteiger partial charge in [0.1, 0.15) is 0 Å². The molecule has 0 aromatic heterocycles. The summed E-state index contributed by atoms with van der Waals surface area (Å²) >= 11 is 3.39. The van der Waals surface area contributed by atoms with Crippen LogP contribution in [0.1, 0.15) is 33.6 Å². The summed E-state index contributed by atoms with van der Waals surface area (Å²) < 4.78 is 0.849. The first kappa shape index (κ1) is 17.7. The number of para-hydroxylation sites is 1. The zero-order valence-corrected chi connectivity index (χ0v) is 14.4. The maximum atomic E-state index is 12.0. The van der Waals surface area contributed by atoms with Crippen molar-refractivity contribution in [2.24, 2.45) is 5.92 Å². The SMILES string of the molecule is CC(=O)N(CCC(=O)Nc1ccccc1Br)CCC(C)C. The number of nitrogens with one attached hydrogen (secondary N) is 1. The number of nitrogens with zero attached hydrogens (tertiary/aromatic N) is 1. The quantitative estimate of drug-likeness (QED) is 0.811. The van der Waals surface area contributed by atoms with E-state index in [0.29, 0.717) is 25.4 Å². The molecule has 0 aliphatic rings. The van der Waals surface area contributed by atoms with Crippen molar-refractivity contribution < 1.29 is 9.59 Å². The third kappa shape index (κ3) is 6.76. The Morgan fingerprint density at radius 1 is 1.24 bits per heavy atom. The number of hydrogen-bond acceptors (Lipinski definition) is 2. The fraction of sp³-hybridized carbons (Fsp3) is 0.500. The highest BCUT2D eigenvalue weighted by Crippen LogP contribution is 2.21. The van der Waals surface area contributed by atoms with Gasteiger partial charge in [0.05, 0.1) is 5.69 Å². The Morgan fingerprint density at radius 2 is 1.90 bits per heavy atom. The number of anilines is 1. The molecule has 0 atom stereocenters. The number of hydrogen-bond donors (Lipinski definition) is 1. The molecule has 5 heteroatoms. The van der Waals surface area contributed by atoms with Crippen LogP contribution in [0.4, 0.5) is 5.69 Å². The standard InChI is InChI=1S/C16H23BrN2O2/c1-12(2)8-10-19(13(3)20)11-9-16(21)18-15-7-5-4-6-14(15)17/h4-7,12H,8-11H2,1-3H3,(H,18,21). The summed E-state index contributed by atoms with van der Waals surface area (Å²) in [5.41, 5.74) is 0.749. The van der Waals surface area contributed by atoms with E-state index >= 15 is 0 Å². The van der Waals surface area contributed by atoms with Gasteiger partial charge in [0.25, 0.3) is 0 Å². The Balaban J connectivity index is 2.46. The maximum Gasteiger partial charge on any atom is 0.226 e. The van der Waals surface area contributed by atoms with Crippen molar-refractivity contribution in [1.82, 2.24) is 4.90 Å². The highest BCUT2D eigenvalue weighted by molar-refractivity contribution is 9.10. The molecule has 0 unspecified atom stereocenters. The molecular formula is C16H23BrN2O2. The van der Waals surface area contributed by atoms with E-state index in [-0.39, 0.29) is 11.8 Å². The van der Waals surface area contributed by atoms with Crippen LogP contribution in [-0.2, 0) is 9.59 Å². The molecule has 0 saturated heterocycles. The van der Waals surface area contributed by atoms with E-state index < -0.39 is 0 Å². The van der Waals surface area contributed by atoms with Crippen molar-refractivity contribution in [3.63, 3.8) is 0 Å². The van der Waals surface area contributed by atoms with Crippen LogP contribution >= 0.6 is 15.9 Å². The molecule has 0 aliphatic carbocycles. The predicted molar refractivity (Wildman–Crippen MR) is 89.1 cm³/mol. The van der Waals surface area contributed by atoms with Crippen LogP contribution in [0.2, 0.25) is 0 Å². The van der Waals surface area contributed by atoms with Crippen molar-refractivity contribution in [3.8, 4) is 0 Å². The van der Waals surface area contributed by atoms with Gasteiger partial charge in [0.2, 0.25) is 11.8 Å². The van der Waals surface area contributed by atoms with E-state index in [2.05, 4.69) is 35.1 Å². The lowest BCUT2D eigenvalue weighted by Gasteiger charge is -2.21.